The Morgan fingerprint density at radius 1 is 1.33 bits per heavy atom. The first-order chi connectivity index (χ1) is 12.9. The molecule has 0 fully saturated rings. The van der Waals surface area contributed by atoms with E-state index in [1.165, 1.54) is 13.3 Å². The third-order valence-electron chi connectivity index (χ3n) is 4.40. The largest absolute Gasteiger partial charge is 0.453 e. The molecular formula is C19H27N5O3. The van der Waals surface area contributed by atoms with Gasteiger partial charge in [0.25, 0.3) is 0 Å². The van der Waals surface area contributed by atoms with Crippen molar-refractivity contribution in [3.8, 4) is 0 Å². The maximum Gasteiger partial charge on any atom is 0.411 e. The van der Waals surface area contributed by atoms with Gasteiger partial charge in [-0.15, -0.1) is 0 Å². The number of carbonyl (C=O) groups excluding carboxylic acids is 2. The summed E-state index contributed by atoms with van der Waals surface area (Å²) in [5, 5.41) is 5.44. The van der Waals surface area contributed by atoms with E-state index < -0.39 is 6.09 Å². The molecule has 8 N–H and O–H groups in total. The number of benzene rings is 1. The number of methoxy groups -OCH3 is 1. The maximum atomic E-state index is 12.3. The molecule has 0 spiro atoms. The molecular weight excluding hydrogens is 346 g/mol. The van der Waals surface area contributed by atoms with Crippen molar-refractivity contribution in [1.82, 2.24) is 0 Å². The first-order valence-corrected chi connectivity index (χ1v) is 8.88. The quantitative estimate of drug-likeness (QED) is 0.510. The molecule has 0 aliphatic carbocycles. The normalized spacial score (nSPS) is 20.2. The fourth-order valence-corrected chi connectivity index (χ4v) is 2.89. The third-order valence-corrected chi connectivity index (χ3v) is 4.40. The molecule has 1 aromatic carbocycles. The fourth-order valence-electron chi connectivity index (χ4n) is 2.89. The van der Waals surface area contributed by atoms with Crippen LogP contribution in [0.2, 0.25) is 0 Å². The highest BCUT2D eigenvalue weighted by Gasteiger charge is 2.15. The van der Waals surface area contributed by atoms with Gasteiger partial charge in [0.2, 0.25) is 5.91 Å². The zero-order valence-electron chi connectivity index (χ0n) is 15.5. The number of rotatable bonds is 1. The lowest BCUT2D eigenvalue weighted by atomic mass is 9.99. The minimum atomic E-state index is -0.603. The first kappa shape index (κ1) is 20.3. The zero-order chi connectivity index (χ0) is 19.8. The highest BCUT2D eigenvalue weighted by atomic mass is 16.5. The van der Waals surface area contributed by atoms with E-state index in [1.807, 2.05) is 0 Å². The standard InChI is InChI=1S/C19H27N5O3/c1-27-19(26)23-13-7-8-14-16(22)9-12(11-20)15(21)5-3-2-4-6-18(25)24-17(14)10-13/h7-11,15H,2-6,20-22H2,1H3,(H,23,26)(H,24,25)/b12-11+,16-9?. The number of hydrogen-bond acceptors (Lipinski definition) is 6. The second-order valence-electron chi connectivity index (χ2n) is 6.40. The SMILES string of the molecule is COC(=O)Nc1ccc2c(c1)NC(=O)CCCCCC(N)/C(=C/N)C=C2N. The number of ether oxygens (including phenoxy) is 1. The molecule has 2 rings (SSSR count). The lowest BCUT2D eigenvalue weighted by Gasteiger charge is -2.15. The van der Waals surface area contributed by atoms with Crippen molar-refractivity contribution in [3.05, 3.63) is 41.6 Å². The van der Waals surface area contributed by atoms with E-state index in [4.69, 9.17) is 17.2 Å². The summed E-state index contributed by atoms with van der Waals surface area (Å²) in [7, 11) is 1.28. The Balaban J connectivity index is 2.44. The Kier molecular flexibility index (Phi) is 7.25. The van der Waals surface area contributed by atoms with E-state index in [1.54, 1.807) is 24.3 Å². The van der Waals surface area contributed by atoms with Gasteiger partial charge in [-0.2, -0.15) is 0 Å². The third kappa shape index (κ3) is 5.75. The summed E-state index contributed by atoms with van der Waals surface area (Å²) >= 11 is 0. The molecule has 0 bridgehead atoms. The second-order valence-corrected chi connectivity index (χ2v) is 6.40. The molecule has 0 radical (unpaired) electrons. The Labute approximate surface area is 158 Å². The second kappa shape index (κ2) is 9.63. The topological polar surface area (TPSA) is 145 Å². The van der Waals surface area contributed by atoms with Gasteiger partial charge in [-0.05, 0) is 48.9 Å². The average molecular weight is 373 g/mol. The van der Waals surface area contributed by atoms with Crippen LogP contribution in [-0.4, -0.2) is 25.2 Å². The van der Waals surface area contributed by atoms with E-state index >= 15 is 0 Å². The summed E-state index contributed by atoms with van der Waals surface area (Å²) < 4.78 is 4.60. The van der Waals surface area contributed by atoms with Crippen LogP contribution in [0.15, 0.2) is 36.0 Å². The summed E-state index contributed by atoms with van der Waals surface area (Å²) in [6.45, 7) is 0. The van der Waals surface area contributed by atoms with Gasteiger partial charge in [0.05, 0.1) is 12.8 Å². The summed E-state index contributed by atoms with van der Waals surface area (Å²) in [5.41, 5.74) is 21.0. The molecule has 2 amide bonds. The summed E-state index contributed by atoms with van der Waals surface area (Å²) in [4.78, 5) is 23.7. The number of amides is 2. The molecule has 146 valence electrons. The van der Waals surface area contributed by atoms with Crippen molar-refractivity contribution in [2.45, 2.75) is 38.1 Å². The van der Waals surface area contributed by atoms with Crippen molar-refractivity contribution >= 4 is 29.1 Å². The lowest BCUT2D eigenvalue weighted by Crippen LogP contribution is -2.23. The van der Waals surface area contributed by atoms with Crippen LogP contribution in [-0.2, 0) is 9.53 Å². The van der Waals surface area contributed by atoms with E-state index in [9.17, 15) is 9.59 Å². The van der Waals surface area contributed by atoms with Gasteiger partial charge in [0, 0.05) is 29.4 Å². The monoisotopic (exact) mass is 373 g/mol. The van der Waals surface area contributed by atoms with Crippen LogP contribution in [0.5, 0.6) is 0 Å². The van der Waals surface area contributed by atoms with Gasteiger partial charge in [0.1, 0.15) is 0 Å². The molecule has 1 aliphatic heterocycles. The molecule has 0 saturated heterocycles. The summed E-state index contributed by atoms with van der Waals surface area (Å²) in [5.74, 6) is -0.114. The number of nitrogens with two attached hydrogens (primary N) is 3. The van der Waals surface area contributed by atoms with Crippen LogP contribution < -0.4 is 27.8 Å². The minimum absolute atomic E-state index is 0.114. The van der Waals surface area contributed by atoms with Crippen LogP contribution in [0.25, 0.3) is 5.70 Å². The van der Waals surface area contributed by atoms with Gasteiger partial charge in [-0.3, -0.25) is 10.1 Å². The molecule has 1 aliphatic rings. The predicted octanol–water partition coefficient (Wildman–Crippen LogP) is 2.24. The van der Waals surface area contributed by atoms with Crippen molar-refractivity contribution < 1.29 is 14.3 Å². The van der Waals surface area contributed by atoms with Crippen LogP contribution in [0, 0.1) is 0 Å². The molecule has 0 saturated carbocycles. The van der Waals surface area contributed by atoms with Gasteiger partial charge >= 0.3 is 6.09 Å². The van der Waals surface area contributed by atoms with E-state index in [0.29, 0.717) is 29.1 Å². The summed E-state index contributed by atoms with van der Waals surface area (Å²) in [6, 6.07) is 4.80. The van der Waals surface area contributed by atoms with E-state index in [-0.39, 0.29) is 11.9 Å². The molecule has 1 unspecified atom stereocenters. The Bertz CT molecular complexity index is 758. The molecule has 1 aromatic rings. The van der Waals surface area contributed by atoms with Gasteiger partial charge in [0.15, 0.2) is 0 Å². The maximum absolute atomic E-state index is 12.3. The fraction of sp³-hybridized carbons (Fsp3) is 0.368. The number of hydrogen-bond donors (Lipinski definition) is 5. The van der Waals surface area contributed by atoms with Gasteiger partial charge < -0.3 is 27.3 Å². The van der Waals surface area contributed by atoms with Crippen molar-refractivity contribution in [2.75, 3.05) is 17.7 Å². The number of anilines is 2. The molecule has 1 atom stereocenters. The highest BCUT2D eigenvalue weighted by Crippen LogP contribution is 2.27. The first-order valence-electron chi connectivity index (χ1n) is 8.88. The van der Waals surface area contributed by atoms with Gasteiger partial charge in [-0.25, -0.2) is 4.79 Å². The van der Waals surface area contributed by atoms with Crippen LogP contribution in [0.4, 0.5) is 16.2 Å². The van der Waals surface area contributed by atoms with E-state index in [0.717, 1.165) is 31.3 Å². The van der Waals surface area contributed by atoms with Crippen LogP contribution >= 0.6 is 0 Å². The number of nitrogens with one attached hydrogen (secondary N) is 2. The van der Waals surface area contributed by atoms with E-state index in [2.05, 4.69) is 15.4 Å². The highest BCUT2D eigenvalue weighted by molar-refractivity contribution is 5.96. The van der Waals surface area contributed by atoms with Gasteiger partial charge in [-0.1, -0.05) is 12.8 Å². The molecule has 8 nitrogen and oxygen atoms in total. The molecule has 8 heteroatoms. The average Bonchev–Trinajstić information content (AvgIpc) is 2.65. The zero-order valence-corrected chi connectivity index (χ0v) is 15.5. The lowest BCUT2D eigenvalue weighted by molar-refractivity contribution is -0.116. The predicted molar refractivity (Wildman–Crippen MR) is 107 cm³/mol. The number of fused-ring (bicyclic) bond motifs is 1. The Morgan fingerprint density at radius 2 is 2.11 bits per heavy atom. The molecule has 0 aromatic heterocycles. The van der Waals surface area contributed by atoms with Crippen molar-refractivity contribution in [1.29, 1.82) is 0 Å². The Hall–Kier alpha value is -3.00. The summed E-state index contributed by atoms with van der Waals surface area (Å²) in [6.07, 6.45) is 6.31. The minimum Gasteiger partial charge on any atom is -0.453 e. The smallest absolute Gasteiger partial charge is 0.411 e. The number of carbonyl (C=O) groups is 2. The van der Waals surface area contributed by atoms with Crippen LogP contribution in [0.1, 0.15) is 37.7 Å². The molecule has 27 heavy (non-hydrogen) atoms. The molecule has 1 heterocycles. The van der Waals surface area contributed by atoms with Crippen LogP contribution in [0.3, 0.4) is 0 Å². The van der Waals surface area contributed by atoms with Crippen molar-refractivity contribution in [2.24, 2.45) is 17.2 Å². The van der Waals surface area contributed by atoms with Crippen molar-refractivity contribution in [3.63, 3.8) is 0 Å². The Morgan fingerprint density at radius 3 is 2.81 bits per heavy atom.